The van der Waals surface area contributed by atoms with Crippen molar-refractivity contribution in [3.63, 3.8) is 0 Å². The fourth-order valence-corrected chi connectivity index (χ4v) is 4.34. The third-order valence-corrected chi connectivity index (χ3v) is 5.95. The predicted octanol–water partition coefficient (Wildman–Crippen LogP) is 3.26. The lowest BCUT2D eigenvalue weighted by Gasteiger charge is -2.47. The van der Waals surface area contributed by atoms with Crippen LogP contribution in [0.2, 0.25) is 0 Å². The average Bonchev–Trinajstić information content (AvgIpc) is 2.83. The third-order valence-electron chi connectivity index (χ3n) is 5.95. The van der Waals surface area contributed by atoms with E-state index in [4.69, 9.17) is 19.2 Å². The number of aliphatic imine (C=N–C) groups is 1. The quantitative estimate of drug-likeness (QED) is 0.674. The number of anilines is 2. The molecule has 0 aromatic heterocycles. The second-order valence-electron chi connectivity index (χ2n) is 8.03. The summed E-state index contributed by atoms with van der Waals surface area (Å²) in [4.78, 5) is 20.2. The molecule has 8 heteroatoms. The van der Waals surface area contributed by atoms with Crippen LogP contribution in [0, 0.1) is 0 Å². The molecule has 1 atom stereocenters. The Hall–Kier alpha value is -3.26. The Kier molecular flexibility index (Phi) is 6.50. The van der Waals surface area contributed by atoms with Crippen molar-refractivity contribution in [2.75, 3.05) is 58.2 Å². The molecule has 32 heavy (non-hydrogen) atoms. The van der Waals surface area contributed by atoms with Gasteiger partial charge in [0.25, 0.3) is 5.91 Å². The number of amidine groups is 1. The van der Waals surface area contributed by atoms with Crippen molar-refractivity contribution >= 4 is 23.1 Å². The lowest BCUT2D eigenvalue weighted by molar-refractivity contribution is 0.0693. The van der Waals surface area contributed by atoms with Crippen molar-refractivity contribution in [2.24, 2.45) is 4.99 Å². The summed E-state index contributed by atoms with van der Waals surface area (Å²) in [6.07, 6.45) is 1.72. The Morgan fingerprint density at radius 2 is 1.81 bits per heavy atom. The highest BCUT2D eigenvalue weighted by Gasteiger charge is 2.44. The van der Waals surface area contributed by atoms with Crippen LogP contribution in [0.5, 0.6) is 11.5 Å². The Morgan fingerprint density at radius 3 is 2.50 bits per heavy atom. The lowest BCUT2D eigenvalue weighted by atomic mass is 9.84. The van der Waals surface area contributed by atoms with E-state index in [0.29, 0.717) is 43.3 Å². The van der Waals surface area contributed by atoms with Gasteiger partial charge in [-0.15, -0.1) is 0 Å². The Bertz CT molecular complexity index is 987. The molecule has 4 rings (SSSR count). The molecule has 0 radical (unpaired) electrons. The van der Waals surface area contributed by atoms with Gasteiger partial charge in [0.2, 0.25) is 0 Å². The monoisotopic (exact) mass is 438 g/mol. The average molecular weight is 439 g/mol. The zero-order valence-electron chi connectivity index (χ0n) is 18.8. The number of hydrogen-bond acceptors (Lipinski definition) is 6. The molecule has 1 saturated heterocycles. The number of methoxy groups -OCH3 is 3. The molecule has 2 aromatic carbocycles. The first-order chi connectivity index (χ1) is 15.6. The van der Waals surface area contributed by atoms with Crippen molar-refractivity contribution in [1.82, 2.24) is 4.90 Å². The molecular formula is C24H30N4O4. The molecule has 8 nitrogen and oxygen atoms in total. The van der Waals surface area contributed by atoms with Crippen molar-refractivity contribution in [3.05, 3.63) is 48.0 Å². The number of fused-ring (bicyclic) bond motifs is 1. The van der Waals surface area contributed by atoms with E-state index in [1.807, 2.05) is 29.2 Å². The zero-order chi connectivity index (χ0) is 22.6. The molecule has 2 aliphatic rings. The minimum Gasteiger partial charge on any atom is -0.497 e. The topological polar surface area (TPSA) is 84.4 Å². The second kappa shape index (κ2) is 9.48. The second-order valence-corrected chi connectivity index (χ2v) is 8.03. The lowest BCUT2D eigenvalue weighted by Crippen LogP contribution is -2.62. The van der Waals surface area contributed by atoms with Crippen LogP contribution in [0.4, 0.5) is 11.4 Å². The van der Waals surface area contributed by atoms with E-state index in [2.05, 4.69) is 10.6 Å². The first-order valence-electron chi connectivity index (χ1n) is 10.8. The SMILES string of the molecule is COCCN=C1Nc2ccccc2N[C@@]12CCCN(C(=O)c1cc(OC)cc(OC)c1)C2. The summed E-state index contributed by atoms with van der Waals surface area (Å²) >= 11 is 0. The van der Waals surface area contributed by atoms with E-state index in [1.165, 1.54) is 0 Å². The van der Waals surface area contributed by atoms with Crippen LogP contribution in [0.25, 0.3) is 0 Å². The van der Waals surface area contributed by atoms with Crippen LogP contribution < -0.4 is 20.1 Å². The minimum atomic E-state index is -0.487. The van der Waals surface area contributed by atoms with Crippen molar-refractivity contribution < 1.29 is 19.0 Å². The van der Waals surface area contributed by atoms with E-state index in [1.54, 1.807) is 39.5 Å². The predicted molar refractivity (Wildman–Crippen MR) is 125 cm³/mol. The number of para-hydroxylation sites is 2. The molecule has 1 fully saturated rings. The normalized spacial score (nSPS) is 21.0. The molecular weight excluding hydrogens is 408 g/mol. The highest BCUT2D eigenvalue weighted by atomic mass is 16.5. The molecule has 1 amide bonds. The smallest absolute Gasteiger partial charge is 0.254 e. The summed E-state index contributed by atoms with van der Waals surface area (Å²) < 4.78 is 15.9. The molecule has 0 aliphatic carbocycles. The van der Waals surface area contributed by atoms with Crippen LogP contribution in [0.1, 0.15) is 23.2 Å². The van der Waals surface area contributed by atoms with Crippen molar-refractivity contribution in [1.29, 1.82) is 0 Å². The first kappa shape index (κ1) is 22.0. The fourth-order valence-electron chi connectivity index (χ4n) is 4.34. The molecule has 1 spiro atoms. The highest BCUT2D eigenvalue weighted by molar-refractivity contribution is 6.10. The van der Waals surface area contributed by atoms with E-state index >= 15 is 0 Å². The highest BCUT2D eigenvalue weighted by Crippen LogP contribution is 2.36. The molecule has 0 unspecified atom stereocenters. The maximum Gasteiger partial charge on any atom is 0.254 e. The number of carbonyl (C=O) groups excluding carboxylic acids is 1. The van der Waals surface area contributed by atoms with Gasteiger partial charge in [-0.1, -0.05) is 12.1 Å². The van der Waals surface area contributed by atoms with Crippen LogP contribution in [0.15, 0.2) is 47.5 Å². The van der Waals surface area contributed by atoms with Crippen LogP contribution in [-0.4, -0.2) is 69.8 Å². The van der Waals surface area contributed by atoms with E-state index in [9.17, 15) is 4.79 Å². The summed E-state index contributed by atoms with van der Waals surface area (Å²) in [6.45, 7) is 2.26. The fraction of sp³-hybridized carbons (Fsp3) is 0.417. The van der Waals surface area contributed by atoms with Gasteiger partial charge in [-0.2, -0.15) is 0 Å². The number of piperidine rings is 1. The largest absolute Gasteiger partial charge is 0.497 e. The Morgan fingerprint density at radius 1 is 1.09 bits per heavy atom. The molecule has 2 heterocycles. The van der Waals surface area contributed by atoms with E-state index in [0.717, 1.165) is 30.1 Å². The number of likely N-dealkylation sites (tertiary alicyclic amines) is 1. The van der Waals surface area contributed by atoms with Crippen molar-refractivity contribution in [2.45, 2.75) is 18.4 Å². The standard InChI is InChI=1S/C24H30N4O4/c1-30-12-10-25-23-24(27-21-8-5-4-7-20(21)26-23)9-6-11-28(16-24)22(29)17-13-18(31-2)15-19(14-17)32-3/h4-5,7-8,13-15,27H,6,9-12,16H2,1-3H3,(H,25,26)/t24-/m1/s1. The summed E-state index contributed by atoms with van der Waals surface area (Å²) in [7, 11) is 4.83. The number of amides is 1. The number of nitrogens with zero attached hydrogens (tertiary/aromatic N) is 2. The maximum absolute atomic E-state index is 13.5. The van der Waals surface area contributed by atoms with Gasteiger partial charge < -0.3 is 29.7 Å². The van der Waals surface area contributed by atoms with Gasteiger partial charge >= 0.3 is 0 Å². The van der Waals surface area contributed by atoms with Gasteiger partial charge in [-0.3, -0.25) is 9.79 Å². The molecule has 2 N–H and O–H groups in total. The van der Waals surface area contributed by atoms with Gasteiger partial charge in [0.15, 0.2) is 0 Å². The van der Waals surface area contributed by atoms with E-state index in [-0.39, 0.29) is 5.91 Å². The number of rotatable bonds is 6. The first-order valence-corrected chi connectivity index (χ1v) is 10.8. The molecule has 170 valence electrons. The zero-order valence-corrected chi connectivity index (χ0v) is 18.8. The van der Waals surface area contributed by atoms with Gasteiger partial charge in [-0.05, 0) is 37.1 Å². The Balaban J connectivity index is 1.64. The maximum atomic E-state index is 13.5. The minimum absolute atomic E-state index is 0.0572. The van der Waals surface area contributed by atoms with Gasteiger partial charge in [0.1, 0.15) is 22.9 Å². The number of benzene rings is 2. The number of hydrogen-bond donors (Lipinski definition) is 2. The third kappa shape index (κ3) is 4.36. The number of nitrogens with one attached hydrogen (secondary N) is 2. The molecule has 0 saturated carbocycles. The van der Waals surface area contributed by atoms with E-state index < -0.39 is 5.54 Å². The summed E-state index contributed by atoms with van der Waals surface area (Å²) in [5.41, 5.74) is 2.05. The number of carbonyl (C=O) groups is 1. The van der Waals surface area contributed by atoms with Crippen LogP contribution in [-0.2, 0) is 4.74 Å². The van der Waals surface area contributed by atoms with Crippen molar-refractivity contribution in [3.8, 4) is 11.5 Å². The van der Waals surface area contributed by atoms with Gasteiger partial charge in [-0.25, -0.2) is 0 Å². The summed E-state index contributed by atoms with van der Waals surface area (Å²) in [5, 5.41) is 7.20. The van der Waals surface area contributed by atoms with Crippen LogP contribution >= 0.6 is 0 Å². The molecule has 0 bridgehead atoms. The van der Waals surface area contributed by atoms with Gasteiger partial charge in [0, 0.05) is 25.3 Å². The molecule has 2 aromatic rings. The Labute approximate surface area is 188 Å². The summed E-state index contributed by atoms with van der Waals surface area (Å²) in [6, 6.07) is 13.3. The van der Waals surface area contributed by atoms with Crippen LogP contribution in [0.3, 0.4) is 0 Å². The summed E-state index contributed by atoms with van der Waals surface area (Å²) in [5.74, 6) is 1.97. The molecule has 2 aliphatic heterocycles. The van der Waals surface area contributed by atoms with Gasteiger partial charge in [0.05, 0.1) is 45.3 Å². The number of ether oxygens (including phenoxy) is 3.